The number of nitrogens with one attached hydrogen (secondary N) is 1. The van der Waals surface area contributed by atoms with E-state index in [4.69, 9.17) is 4.52 Å². The molecule has 0 spiro atoms. The lowest BCUT2D eigenvalue weighted by Gasteiger charge is -2.34. The van der Waals surface area contributed by atoms with Crippen LogP contribution in [0.3, 0.4) is 0 Å². The van der Waals surface area contributed by atoms with Gasteiger partial charge in [-0.15, -0.1) is 0 Å². The van der Waals surface area contributed by atoms with E-state index in [1.807, 2.05) is 0 Å². The van der Waals surface area contributed by atoms with E-state index in [2.05, 4.69) is 25.3 Å². The highest BCUT2D eigenvalue weighted by Gasteiger charge is 2.22. The summed E-state index contributed by atoms with van der Waals surface area (Å²) in [6.45, 7) is 4.48. The standard InChI is InChI=1S/C13H16N6O2/c1-10-8-11(17-21-10)16-13(20)19-6-4-18(5-7-19)12-9-14-2-3-15-12/h2-3,8-9H,4-7H2,1H3,(H,16,17,20). The van der Waals surface area contributed by atoms with Gasteiger partial charge in [0.25, 0.3) is 0 Å². The monoisotopic (exact) mass is 288 g/mol. The zero-order valence-corrected chi connectivity index (χ0v) is 11.7. The molecule has 0 radical (unpaired) electrons. The van der Waals surface area contributed by atoms with Gasteiger partial charge in [0.2, 0.25) is 0 Å². The molecule has 3 heterocycles. The lowest BCUT2D eigenvalue weighted by atomic mass is 10.3. The normalized spacial score (nSPS) is 15.1. The van der Waals surface area contributed by atoms with Gasteiger partial charge < -0.3 is 14.3 Å². The summed E-state index contributed by atoms with van der Waals surface area (Å²) < 4.78 is 4.92. The zero-order valence-electron chi connectivity index (χ0n) is 11.7. The van der Waals surface area contributed by atoms with E-state index in [-0.39, 0.29) is 6.03 Å². The van der Waals surface area contributed by atoms with E-state index in [1.165, 1.54) is 0 Å². The summed E-state index contributed by atoms with van der Waals surface area (Å²) in [6, 6.07) is 1.52. The maximum Gasteiger partial charge on any atom is 0.323 e. The molecule has 1 fully saturated rings. The number of carbonyl (C=O) groups is 1. The number of nitrogens with zero attached hydrogens (tertiary/aromatic N) is 5. The number of aromatic nitrogens is 3. The molecule has 0 unspecified atom stereocenters. The summed E-state index contributed by atoms with van der Waals surface area (Å²) in [5.74, 6) is 1.94. The van der Waals surface area contributed by atoms with Crippen molar-refractivity contribution >= 4 is 17.7 Å². The van der Waals surface area contributed by atoms with Crippen molar-refractivity contribution in [3.63, 3.8) is 0 Å². The maximum atomic E-state index is 12.1. The molecular weight excluding hydrogens is 272 g/mol. The number of rotatable bonds is 2. The van der Waals surface area contributed by atoms with E-state index < -0.39 is 0 Å². The fourth-order valence-electron chi connectivity index (χ4n) is 2.21. The van der Waals surface area contributed by atoms with Gasteiger partial charge >= 0.3 is 6.03 Å². The summed E-state index contributed by atoms with van der Waals surface area (Å²) in [6.07, 6.45) is 5.04. The van der Waals surface area contributed by atoms with Crippen LogP contribution in [0.15, 0.2) is 29.2 Å². The van der Waals surface area contributed by atoms with Gasteiger partial charge in [0.1, 0.15) is 11.6 Å². The largest absolute Gasteiger partial charge is 0.360 e. The Morgan fingerprint density at radius 1 is 1.29 bits per heavy atom. The van der Waals surface area contributed by atoms with Gasteiger partial charge in [-0.05, 0) is 6.92 Å². The van der Waals surface area contributed by atoms with Gasteiger partial charge in [0, 0.05) is 44.6 Å². The number of carbonyl (C=O) groups excluding carboxylic acids is 1. The van der Waals surface area contributed by atoms with Crippen molar-refractivity contribution in [2.24, 2.45) is 0 Å². The van der Waals surface area contributed by atoms with Crippen LogP contribution < -0.4 is 10.2 Å². The second kappa shape index (κ2) is 5.78. The van der Waals surface area contributed by atoms with Gasteiger partial charge in [-0.25, -0.2) is 9.78 Å². The number of hydrogen-bond donors (Lipinski definition) is 1. The van der Waals surface area contributed by atoms with Gasteiger partial charge in [0.15, 0.2) is 5.82 Å². The lowest BCUT2D eigenvalue weighted by Crippen LogP contribution is -2.50. The topological polar surface area (TPSA) is 87.4 Å². The minimum Gasteiger partial charge on any atom is -0.360 e. The predicted molar refractivity (Wildman–Crippen MR) is 76.1 cm³/mol. The summed E-state index contributed by atoms with van der Waals surface area (Å²) in [7, 11) is 0. The van der Waals surface area contributed by atoms with E-state index >= 15 is 0 Å². The Labute approximate surface area is 121 Å². The van der Waals surface area contributed by atoms with Crippen molar-refractivity contribution in [1.29, 1.82) is 0 Å². The molecule has 0 aromatic carbocycles. The van der Waals surface area contributed by atoms with Crippen molar-refractivity contribution in [2.75, 3.05) is 36.4 Å². The second-order valence-corrected chi connectivity index (χ2v) is 4.79. The Kier molecular flexibility index (Phi) is 3.67. The SMILES string of the molecule is Cc1cc(NC(=O)N2CCN(c3cnccn3)CC2)no1. The summed E-state index contributed by atoms with van der Waals surface area (Å²) in [5.41, 5.74) is 0. The van der Waals surface area contributed by atoms with Crippen LogP contribution in [0.5, 0.6) is 0 Å². The second-order valence-electron chi connectivity index (χ2n) is 4.79. The molecule has 1 aliphatic rings. The summed E-state index contributed by atoms with van der Waals surface area (Å²) in [5, 5.41) is 6.47. The van der Waals surface area contributed by atoms with Crippen molar-refractivity contribution < 1.29 is 9.32 Å². The summed E-state index contributed by atoms with van der Waals surface area (Å²) >= 11 is 0. The van der Waals surface area contributed by atoms with E-state index in [0.717, 1.165) is 18.9 Å². The minimum atomic E-state index is -0.165. The molecular formula is C13H16N6O2. The van der Waals surface area contributed by atoms with Crippen LogP contribution in [0.25, 0.3) is 0 Å². The molecule has 2 aromatic rings. The molecule has 1 aliphatic heterocycles. The average molecular weight is 288 g/mol. The van der Waals surface area contributed by atoms with E-state index in [0.29, 0.717) is 24.7 Å². The molecule has 21 heavy (non-hydrogen) atoms. The van der Waals surface area contributed by atoms with Crippen molar-refractivity contribution in [1.82, 2.24) is 20.0 Å². The molecule has 0 saturated carbocycles. The first-order valence-electron chi connectivity index (χ1n) is 6.72. The minimum absolute atomic E-state index is 0.165. The highest BCUT2D eigenvalue weighted by Crippen LogP contribution is 2.13. The Hall–Kier alpha value is -2.64. The van der Waals surface area contributed by atoms with Crippen molar-refractivity contribution in [2.45, 2.75) is 6.92 Å². The Morgan fingerprint density at radius 3 is 2.71 bits per heavy atom. The van der Waals surface area contributed by atoms with Crippen molar-refractivity contribution in [3.05, 3.63) is 30.4 Å². The van der Waals surface area contributed by atoms with E-state index in [1.54, 1.807) is 36.5 Å². The Balaban J connectivity index is 1.54. The summed E-state index contributed by atoms with van der Waals surface area (Å²) in [4.78, 5) is 24.3. The van der Waals surface area contributed by atoms with Crippen molar-refractivity contribution in [3.8, 4) is 0 Å². The zero-order chi connectivity index (χ0) is 14.7. The van der Waals surface area contributed by atoms with Gasteiger partial charge in [-0.1, -0.05) is 5.16 Å². The van der Waals surface area contributed by atoms with Gasteiger partial charge in [-0.2, -0.15) is 0 Å². The molecule has 110 valence electrons. The van der Waals surface area contributed by atoms with Crippen LogP contribution in [0, 0.1) is 6.92 Å². The maximum absolute atomic E-state index is 12.1. The smallest absolute Gasteiger partial charge is 0.323 e. The first-order chi connectivity index (χ1) is 10.2. The number of urea groups is 1. The number of amides is 2. The fourth-order valence-corrected chi connectivity index (χ4v) is 2.21. The quantitative estimate of drug-likeness (QED) is 0.891. The third kappa shape index (κ3) is 3.10. The molecule has 0 aliphatic carbocycles. The van der Waals surface area contributed by atoms with E-state index in [9.17, 15) is 4.79 Å². The number of hydrogen-bond acceptors (Lipinski definition) is 6. The highest BCUT2D eigenvalue weighted by molar-refractivity contribution is 5.88. The third-order valence-electron chi connectivity index (χ3n) is 3.30. The molecule has 2 aromatic heterocycles. The number of aryl methyl sites for hydroxylation is 1. The Morgan fingerprint density at radius 2 is 2.10 bits per heavy atom. The first kappa shape index (κ1) is 13.3. The van der Waals surface area contributed by atoms with Crippen LogP contribution in [0.1, 0.15) is 5.76 Å². The molecule has 0 atom stereocenters. The van der Waals surface area contributed by atoms with Crippen LogP contribution in [-0.4, -0.2) is 52.2 Å². The average Bonchev–Trinajstić information content (AvgIpc) is 2.93. The van der Waals surface area contributed by atoms with Crippen LogP contribution in [0.4, 0.5) is 16.4 Å². The molecule has 3 rings (SSSR count). The van der Waals surface area contributed by atoms with Crippen LogP contribution in [0.2, 0.25) is 0 Å². The highest BCUT2D eigenvalue weighted by atomic mass is 16.5. The molecule has 1 saturated heterocycles. The number of piperazine rings is 1. The molecule has 8 heteroatoms. The van der Waals surface area contributed by atoms with Gasteiger partial charge in [-0.3, -0.25) is 10.3 Å². The van der Waals surface area contributed by atoms with Crippen LogP contribution in [-0.2, 0) is 0 Å². The molecule has 2 amide bonds. The lowest BCUT2D eigenvalue weighted by molar-refractivity contribution is 0.208. The molecule has 0 bridgehead atoms. The fraction of sp³-hybridized carbons (Fsp3) is 0.385. The predicted octanol–water partition coefficient (Wildman–Crippen LogP) is 1.13. The number of anilines is 2. The van der Waals surface area contributed by atoms with Crippen LogP contribution >= 0.6 is 0 Å². The molecule has 1 N–H and O–H groups in total. The van der Waals surface area contributed by atoms with Gasteiger partial charge in [0.05, 0.1) is 6.20 Å². The Bertz CT molecular complexity index is 606. The molecule has 8 nitrogen and oxygen atoms in total. The third-order valence-corrected chi connectivity index (χ3v) is 3.30. The first-order valence-corrected chi connectivity index (χ1v) is 6.72.